The predicted molar refractivity (Wildman–Crippen MR) is 107 cm³/mol. The summed E-state index contributed by atoms with van der Waals surface area (Å²) in [6.45, 7) is 10.0. The molecule has 0 radical (unpaired) electrons. The van der Waals surface area contributed by atoms with Crippen molar-refractivity contribution < 1.29 is 9.53 Å². The van der Waals surface area contributed by atoms with Crippen LogP contribution in [0.4, 0.5) is 0 Å². The zero-order chi connectivity index (χ0) is 19.8. The van der Waals surface area contributed by atoms with Gasteiger partial charge in [-0.15, -0.1) is 0 Å². The van der Waals surface area contributed by atoms with Crippen LogP contribution in [-0.4, -0.2) is 37.9 Å². The number of benzene rings is 1. The van der Waals surface area contributed by atoms with Crippen LogP contribution in [-0.2, 0) is 24.2 Å². The molecule has 1 aliphatic heterocycles. The van der Waals surface area contributed by atoms with Crippen LogP contribution in [0.25, 0.3) is 11.0 Å². The minimum atomic E-state index is -0.119. The predicted octanol–water partition coefficient (Wildman–Crippen LogP) is 3.01. The van der Waals surface area contributed by atoms with Gasteiger partial charge in [0.05, 0.1) is 28.9 Å². The lowest BCUT2D eigenvalue weighted by molar-refractivity contribution is -0.00948. The number of nitrogens with zero attached hydrogens (tertiary/aromatic N) is 4. The first-order valence-corrected chi connectivity index (χ1v) is 9.94. The molecule has 0 fully saturated rings. The molecule has 0 unspecified atom stereocenters. The SMILES string of the molecule is CCn1nc(C(=O)NCCn2c(C)nc3ccccc32)c2c1[C@H](C)O[C@H](C)C2. The van der Waals surface area contributed by atoms with Crippen molar-refractivity contribution in [3.63, 3.8) is 0 Å². The third-order valence-corrected chi connectivity index (χ3v) is 5.39. The molecule has 2 atom stereocenters. The summed E-state index contributed by atoms with van der Waals surface area (Å²) >= 11 is 0. The summed E-state index contributed by atoms with van der Waals surface area (Å²) in [6.07, 6.45) is 0.754. The quantitative estimate of drug-likeness (QED) is 0.737. The van der Waals surface area contributed by atoms with Crippen LogP contribution in [0.2, 0.25) is 0 Å². The fourth-order valence-corrected chi connectivity index (χ4v) is 4.18. The number of hydrogen-bond donors (Lipinski definition) is 1. The third-order valence-electron chi connectivity index (χ3n) is 5.39. The van der Waals surface area contributed by atoms with Crippen molar-refractivity contribution in [2.75, 3.05) is 6.54 Å². The second-order valence-electron chi connectivity index (χ2n) is 7.38. The van der Waals surface area contributed by atoms with E-state index in [1.807, 2.05) is 50.6 Å². The van der Waals surface area contributed by atoms with E-state index in [1.54, 1.807) is 0 Å². The van der Waals surface area contributed by atoms with Gasteiger partial charge < -0.3 is 14.6 Å². The van der Waals surface area contributed by atoms with Gasteiger partial charge in [0.25, 0.3) is 5.91 Å². The van der Waals surface area contributed by atoms with Crippen LogP contribution in [0.5, 0.6) is 0 Å². The highest BCUT2D eigenvalue weighted by molar-refractivity contribution is 5.94. The fourth-order valence-electron chi connectivity index (χ4n) is 4.18. The Morgan fingerprint density at radius 2 is 2.11 bits per heavy atom. The molecule has 0 saturated carbocycles. The molecule has 28 heavy (non-hydrogen) atoms. The van der Waals surface area contributed by atoms with E-state index >= 15 is 0 Å². The van der Waals surface area contributed by atoms with E-state index in [2.05, 4.69) is 26.0 Å². The maximum Gasteiger partial charge on any atom is 0.272 e. The molecule has 1 aliphatic rings. The molecular weight excluding hydrogens is 354 g/mol. The minimum absolute atomic E-state index is 0.0484. The Balaban J connectivity index is 1.51. The summed E-state index contributed by atoms with van der Waals surface area (Å²) in [4.78, 5) is 17.5. The van der Waals surface area contributed by atoms with Gasteiger partial charge in [-0.2, -0.15) is 5.10 Å². The van der Waals surface area contributed by atoms with Crippen LogP contribution >= 0.6 is 0 Å². The monoisotopic (exact) mass is 381 g/mol. The standard InChI is InChI=1S/C21H27N5O2/c1-5-26-20-14(3)28-13(2)12-16(20)19(24-26)21(27)22-10-11-25-15(4)23-17-8-6-7-9-18(17)25/h6-9,13-14H,5,10-12H2,1-4H3,(H,22,27)/t13-,14+/m1/s1. The van der Waals surface area contributed by atoms with Crippen LogP contribution < -0.4 is 5.32 Å². The topological polar surface area (TPSA) is 74.0 Å². The number of rotatable bonds is 5. The molecule has 3 aromatic rings. The number of nitrogens with one attached hydrogen (secondary N) is 1. The number of hydrogen-bond acceptors (Lipinski definition) is 4. The first-order valence-electron chi connectivity index (χ1n) is 9.94. The Morgan fingerprint density at radius 1 is 1.32 bits per heavy atom. The van der Waals surface area contributed by atoms with E-state index in [0.717, 1.165) is 34.7 Å². The number of aryl methyl sites for hydroxylation is 2. The summed E-state index contributed by atoms with van der Waals surface area (Å²) in [5.74, 6) is 0.828. The summed E-state index contributed by atoms with van der Waals surface area (Å²) in [7, 11) is 0. The molecule has 7 heteroatoms. The van der Waals surface area contributed by atoms with Gasteiger partial charge in [-0.1, -0.05) is 12.1 Å². The highest BCUT2D eigenvalue weighted by Gasteiger charge is 2.31. The van der Waals surface area contributed by atoms with Gasteiger partial charge in [0.1, 0.15) is 5.82 Å². The van der Waals surface area contributed by atoms with E-state index in [9.17, 15) is 4.79 Å². The molecule has 148 valence electrons. The van der Waals surface area contributed by atoms with Crippen LogP contribution in [0.3, 0.4) is 0 Å². The minimum Gasteiger partial charge on any atom is -0.369 e. The van der Waals surface area contributed by atoms with Gasteiger partial charge in [-0.3, -0.25) is 9.48 Å². The molecule has 4 rings (SSSR count). The van der Waals surface area contributed by atoms with Crippen molar-refractivity contribution in [2.24, 2.45) is 0 Å². The Labute approximate surface area is 164 Å². The van der Waals surface area contributed by atoms with Crippen molar-refractivity contribution in [1.29, 1.82) is 0 Å². The average Bonchev–Trinajstić information content (AvgIpc) is 3.19. The first-order chi connectivity index (χ1) is 13.5. The number of imidazole rings is 1. The fraction of sp³-hybridized carbons (Fsp3) is 0.476. The number of carbonyl (C=O) groups excluding carboxylic acids is 1. The van der Waals surface area contributed by atoms with Crippen molar-refractivity contribution in [3.8, 4) is 0 Å². The van der Waals surface area contributed by atoms with E-state index in [0.29, 0.717) is 25.2 Å². The zero-order valence-corrected chi connectivity index (χ0v) is 16.9. The Kier molecular flexibility index (Phi) is 4.93. The number of carbonyl (C=O) groups is 1. The molecule has 1 amide bonds. The van der Waals surface area contributed by atoms with E-state index in [4.69, 9.17) is 4.74 Å². The highest BCUT2D eigenvalue weighted by Crippen LogP contribution is 2.32. The first kappa shape index (κ1) is 18.7. The molecule has 0 aliphatic carbocycles. The van der Waals surface area contributed by atoms with E-state index < -0.39 is 0 Å². The Morgan fingerprint density at radius 3 is 2.89 bits per heavy atom. The molecule has 1 N–H and O–H groups in total. The smallest absolute Gasteiger partial charge is 0.272 e. The van der Waals surface area contributed by atoms with E-state index in [-0.39, 0.29) is 18.1 Å². The van der Waals surface area contributed by atoms with Crippen molar-refractivity contribution in [1.82, 2.24) is 24.6 Å². The lowest BCUT2D eigenvalue weighted by Gasteiger charge is -2.26. The molecule has 3 heterocycles. The molecule has 1 aromatic carbocycles. The van der Waals surface area contributed by atoms with Crippen LogP contribution in [0.1, 0.15) is 54.4 Å². The average molecular weight is 381 g/mol. The highest BCUT2D eigenvalue weighted by atomic mass is 16.5. The summed E-state index contributed by atoms with van der Waals surface area (Å²) in [5, 5.41) is 7.63. The van der Waals surface area contributed by atoms with E-state index in [1.165, 1.54) is 0 Å². The largest absolute Gasteiger partial charge is 0.369 e. The summed E-state index contributed by atoms with van der Waals surface area (Å²) < 4.78 is 9.96. The molecule has 0 spiro atoms. The number of para-hydroxylation sites is 2. The van der Waals surface area contributed by atoms with Gasteiger partial charge in [-0.05, 0) is 39.8 Å². The molecule has 0 bridgehead atoms. The number of amides is 1. The maximum atomic E-state index is 12.9. The maximum absolute atomic E-state index is 12.9. The Hall–Kier alpha value is -2.67. The van der Waals surface area contributed by atoms with Gasteiger partial charge in [-0.25, -0.2) is 4.98 Å². The lowest BCUT2D eigenvalue weighted by atomic mass is 9.99. The van der Waals surface area contributed by atoms with Crippen LogP contribution in [0.15, 0.2) is 24.3 Å². The number of aromatic nitrogens is 4. The van der Waals surface area contributed by atoms with Crippen molar-refractivity contribution >= 4 is 16.9 Å². The van der Waals surface area contributed by atoms with Crippen molar-refractivity contribution in [3.05, 3.63) is 47.0 Å². The lowest BCUT2D eigenvalue weighted by Crippen LogP contribution is -2.30. The molecule has 7 nitrogen and oxygen atoms in total. The zero-order valence-electron chi connectivity index (χ0n) is 16.9. The molecular formula is C21H27N5O2. The third kappa shape index (κ3) is 3.20. The number of fused-ring (bicyclic) bond motifs is 2. The van der Waals surface area contributed by atoms with Gasteiger partial charge in [0, 0.05) is 31.6 Å². The van der Waals surface area contributed by atoms with Crippen LogP contribution in [0, 0.1) is 6.92 Å². The number of ether oxygens (including phenoxy) is 1. The second-order valence-corrected chi connectivity index (χ2v) is 7.38. The molecule has 0 saturated heterocycles. The summed E-state index contributed by atoms with van der Waals surface area (Å²) in [5.41, 5.74) is 4.65. The van der Waals surface area contributed by atoms with Crippen molar-refractivity contribution in [2.45, 2.75) is 59.4 Å². The second kappa shape index (κ2) is 7.39. The molecule has 2 aromatic heterocycles. The Bertz CT molecular complexity index is 1020. The normalized spacial score (nSPS) is 19.0. The van der Waals surface area contributed by atoms with Gasteiger partial charge in [0.2, 0.25) is 0 Å². The summed E-state index contributed by atoms with van der Waals surface area (Å²) in [6, 6.07) is 8.05. The van der Waals surface area contributed by atoms with Gasteiger partial charge >= 0.3 is 0 Å². The van der Waals surface area contributed by atoms with Gasteiger partial charge in [0.15, 0.2) is 5.69 Å².